The minimum absolute atomic E-state index is 0.778. The van der Waals surface area contributed by atoms with Gasteiger partial charge in [-0.2, -0.15) is 5.10 Å². The minimum Gasteiger partial charge on any atom is -0.319 e. The summed E-state index contributed by atoms with van der Waals surface area (Å²) in [6, 6.07) is 0. The number of rotatable bonds is 5. The van der Waals surface area contributed by atoms with Gasteiger partial charge < -0.3 is 5.32 Å². The summed E-state index contributed by atoms with van der Waals surface area (Å²) in [6.07, 6.45) is 4.67. The number of hydrogen-bond donors (Lipinski definition) is 1. The zero-order chi connectivity index (χ0) is 12.4. The Balaban J connectivity index is 2.06. The van der Waals surface area contributed by atoms with E-state index in [0.29, 0.717) is 0 Å². The van der Waals surface area contributed by atoms with Crippen LogP contribution >= 0.6 is 11.6 Å². The molecule has 0 saturated heterocycles. The molecule has 1 aromatic heterocycles. The fourth-order valence-corrected chi connectivity index (χ4v) is 3.10. The summed E-state index contributed by atoms with van der Waals surface area (Å²) >= 11 is 6.38. The van der Waals surface area contributed by atoms with E-state index in [9.17, 15) is 0 Å². The first-order valence-corrected chi connectivity index (χ1v) is 6.90. The van der Waals surface area contributed by atoms with Crippen molar-refractivity contribution in [1.29, 1.82) is 0 Å². The van der Waals surface area contributed by atoms with Crippen molar-refractivity contribution in [3.8, 4) is 0 Å². The average molecular weight is 256 g/mol. The maximum absolute atomic E-state index is 6.38. The van der Waals surface area contributed by atoms with Gasteiger partial charge in [0.05, 0.1) is 16.4 Å². The van der Waals surface area contributed by atoms with Gasteiger partial charge in [-0.15, -0.1) is 0 Å². The Morgan fingerprint density at radius 3 is 2.59 bits per heavy atom. The van der Waals surface area contributed by atoms with Crippen LogP contribution in [0.25, 0.3) is 0 Å². The van der Waals surface area contributed by atoms with Gasteiger partial charge in [0.1, 0.15) is 0 Å². The van der Waals surface area contributed by atoms with E-state index in [-0.39, 0.29) is 0 Å². The largest absolute Gasteiger partial charge is 0.319 e. The molecule has 0 amide bonds. The molecule has 4 heteroatoms. The van der Waals surface area contributed by atoms with E-state index >= 15 is 0 Å². The lowest BCUT2D eigenvalue weighted by molar-refractivity contribution is 0.171. The van der Waals surface area contributed by atoms with Crippen LogP contribution in [-0.4, -0.2) is 23.4 Å². The number of nitrogens with one attached hydrogen (secondary N) is 1. The molecule has 1 fully saturated rings. The van der Waals surface area contributed by atoms with Crippen molar-refractivity contribution < 1.29 is 0 Å². The number of aromatic nitrogens is 2. The van der Waals surface area contributed by atoms with Crippen LogP contribution < -0.4 is 5.32 Å². The van der Waals surface area contributed by atoms with Gasteiger partial charge in [0, 0.05) is 7.05 Å². The molecule has 1 aliphatic rings. The number of aryl methyl sites for hydroxylation is 2. The van der Waals surface area contributed by atoms with Gasteiger partial charge in [0.2, 0.25) is 0 Å². The highest BCUT2D eigenvalue weighted by Gasteiger charge is 2.31. The molecule has 1 heterocycles. The molecule has 0 aliphatic heterocycles. The SMILES string of the molecule is CCc1nn(C)c(CC2CCC2CNC)c1Cl. The summed E-state index contributed by atoms with van der Waals surface area (Å²) in [5.41, 5.74) is 2.25. The van der Waals surface area contributed by atoms with Crippen molar-refractivity contribution in [2.24, 2.45) is 18.9 Å². The van der Waals surface area contributed by atoms with Gasteiger partial charge in [-0.05, 0) is 51.1 Å². The smallest absolute Gasteiger partial charge is 0.0849 e. The van der Waals surface area contributed by atoms with E-state index in [2.05, 4.69) is 17.3 Å². The molecule has 1 saturated carbocycles. The summed E-state index contributed by atoms with van der Waals surface area (Å²) < 4.78 is 1.97. The van der Waals surface area contributed by atoms with Crippen molar-refractivity contribution in [2.75, 3.05) is 13.6 Å². The Kier molecular flexibility index (Phi) is 4.10. The summed E-state index contributed by atoms with van der Waals surface area (Å²) in [6.45, 7) is 3.23. The zero-order valence-corrected chi connectivity index (χ0v) is 11.7. The standard InChI is InChI=1S/C13H22ClN3/c1-4-11-13(14)12(17(3)16-11)7-9-5-6-10(9)8-15-2/h9-10,15H,4-8H2,1-3H3. The van der Waals surface area contributed by atoms with Crippen LogP contribution in [0.15, 0.2) is 0 Å². The summed E-state index contributed by atoms with van der Waals surface area (Å²) in [5, 5.41) is 8.65. The molecule has 2 rings (SSSR count). The molecular formula is C13H22ClN3. The van der Waals surface area contributed by atoms with Gasteiger partial charge >= 0.3 is 0 Å². The zero-order valence-electron chi connectivity index (χ0n) is 11.0. The third-order valence-electron chi connectivity index (χ3n) is 4.00. The molecule has 2 atom stereocenters. The van der Waals surface area contributed by atoms with Crippen LogP contribution in [0.4, 0.5) is 0 Å². The Morgan fingerprint density at radius 2 is 2.12 bits per heavy atom. The van der Waals surface area contributed by atoms with Gasteiger partial charge in [-0.25, -0.2) is 0 Å². The summed E-state index contributed by atoms with van der Waals surface area (Å²) in [7, 11) is 4.04. The second kappa shape index (κ2) is 5.40. The predicted molar refractivity (Wildman–Crippen MR) is 71.4 cm³/mol. The predicted octanol–water partition coefficient (Wildman–Crippen LogP) is 2.42. The molecule has 0 spiro atoms. The topological polar surface area (TPSA) is 29.9 Å². The molecule has 2 unspecified atom stereocenters. The van der Waals surface area contributed by atoms with Crippen LogP contribution in [-0.2, 0) is 19.9 Å². The summed E-state index contributed by atoms with van der Waals surface area (Å²) in [5.74, 6) is 1.59. The molecule has 0 radical (unpaired) electrons. The summed E-state index contributed by atoms with van der Waals surface area (Å²) in [4.78, 5) is 0. The van der Waals surface area contributed by atoms with Gasteiger partial charge in [-0.1, -0.05) is 18.5 Å². The molecule has 3 nitrogen and oxygen atoms in total. The van der Waals surface area contributed by atoms with Crippen molar-refractivity contribution in [2.45, 2.75) is 32.6 Å². The van der Waals surface area contributed by atoms with E-state index in [1.165, 1.54) is 18.5 Å². The van der Waals surface area contributed by atoms with Gasteiger partial charge in [-0.3, -0.25) is 4.68 Å². The number of halogens is 1. The fourth-order valence-electron chi connectivity index (χ4n) is 2.73. The Labute approximate surface area is 109 Å². The van der Waals surface area contributed by atoms with Gasteiger partial charge in [0.15, 0.2) is 0 Å². The van der Waals surface area contributed by atoms with Crippen LogP contribution in [0.3, 0.4) is 0 Å². The highest BCUT2D eigenvalue weighted by Crippen LogP contribution is 2.37. The first-order valence-electron chi connectivity index (χ1n) is 6.52. The fraction of sp³-hybridized carbons (Fsp3) is 0.769. The van der Waals surface area contributed by atoms with Crippen LogP contribution in [0.5, 0.6) is 0 Å². The van der Waals surface area contributed by atoms with E-state index in [4.69, 9.17) is 11.6 Å². The number of nitrogens with zero attached hydrogens (tertiary/aromatic N) is 2. The third kappa shape index (κ3) is 2.50. The van der Waals surface area contributed by atoms with E-state index in [1.54, 1.807) is 0 Å². The highest BCUT2D eigenvalue weighted by molar-refractivity contribution is 6.31. The third-order valence-corrected chi connectivity index (χ3v) is 4.44. The molecule has 17 heavy (non-hydrogen) atoms. The van der Waals surface area contributed by atoms with Crippen molar-refractivity contribution >= 4 is 11.6 Å². The lowest BCUT2D eigenvalue weighted by Gasteiger charge is -2.36. The molecule has 96 valence electrons. The van der Waals surface area contributed by atoms with Gasteiger partial charge in [0.25, 0.3) is 0 Å². The quantitative estimate of drug-likeness (QED) is 0.876. The van der Waals surface area contributed by atoms with Crippen LogP contribution in [0, 0.1) is 11.8 Å². The normalized spacial score (nSPS) is 23.8. The average Bonchev–Trinajstić information content (AvgIpc) is 2.57. The van der Waals surface area contributed by atoms with Crippen LogP contribution in [0.2, 0.25) is 5.02 Å². The first-order chi connectivity index (χ1) is 8.17. The molecular weight excluding hydrogens is 234 g/mol. The Hall–Kier alpha value is -0.540. The van der Waals surface area contributed by atoms with Crippen LogP contribution in [0.1, 0.15) is 31.2 Å². The maximum atomic E-state index is 6.38. The molecule has 1 N–H and O–H groups in total. The maximum Gasteiger partial charge on any atom is 0.0849 e. The molecule has 1 aromatic rings. The van der Waals surface area contributed by atoms with Crippen molar-refractivity contribution in [1.82, 2.24) is 15.1 Å². The molecule has 0 aromatic carbocycles. The van der Waals surface area contributed by atoms with E-state index < -0.39 is 0 Å². The van der Waals surface area contributed by atoms with Crippen molar-refractivity contribution in [3.63, 3.8) is 0 Å². The molecule has 1 aliphatic carbocycles. The van der Waals surface area contributed by atoms with Crippen molar-refractivity contribution in [3.05, 3.63) is 16.4 Å². The first kappa shape index (κ1) is 12.9. The Morgan fingerprint density at radius 1 is 1.41 bits per heavy atom. The Bertz CT molecular complexity index is 386. The van der Waals surface area contributed by atoms with E-state index in [0.717, 1.165) is 41.9 Å². The highest BCUT2D eigenvalue weighted by atomic mass is 35.5. The second-order valence-corrected chi connectivity index (χ2v) is 5.42. The monoisotopic (exact) mass is 255 g/mol. The lowest BCUT2D eigenvalue weighted by Crippen LogP contribution is -2.35. The minimum atomic E-state index is 0.778. The molecule has 0 bridgehead atoms. The second-order valence-electron chi connectivity index (χ2n) is 5.04. The van der Waals surface area contributed by atoms with E-state index in [1.807, 2.05) is 18.8 Å². The lowest BCUT2D eigenvalue weighted by atomic mass is 9.71. The number of hydrogen-bond acceptors (Lipinski definition) is 2.